The molecule has 106 valence electrons. The normalized spacial score (nSPS) is 11.5. The van der Waals surface area contributed by atoms with E-state index in [4.69, 9.17) is 25.2 Å². The fraction of sp³-hybridized carbons (Fsp3) is 0.462. The van der Waals surface area contributed by atoms with Crippen molar-refractivity contribution in [1.29, 1.82) is 0 Å². The second-order valence-corrected chi connectivity index (χ2v) is 3.82. The molecule has 0 aliphatic rings. The lowest BCUT2D eigenvalue weighted by atomic mass is 10.2. The summed E-state index contributed by atoms with van der Waals surface area (Å²) in [6, 6.07) is 7.08. The minimum absolute atomic E-state index is 0.0633. The molecule has 6 nitrogen and oxygen atoms in total. The molecule has 0 saturated carbocycles. The van der Waals surface area contributed by atoms with Crippen LogP contribution in [0.25, 0.3) is 0 Å². The number of nitrogens with two attached hydrogens (primary N) is 1. The van der Waals surface area contributed by atoms with E-state index >= 15 is 0 Å². The molecule has 0 atom stereocenters. The van der Waals surface area contributed by atoms with Crippen molar-refractivity contribution in [2.45, 2.75) is 6.42 Å². The summed E-state index contributed by atoms with van der Waals surface area (Å²) in [5.74, 6) is 0.745. The highest BCUT2D eigenvalue weighted by atomic mass is 16.5. The molecule has 0 aliphatic heterocycles. The molecule has 0 amide bonds. The first-order valence-corrected chi connectivity index (χ1v) is 6.05. The Morgan fingerprint density at radius 1 is 1.26 bits per heavy atom. The molecular formula is C13H20N2O4. The van der Waals surface area contributed by atoms with Gasteiger partial charge in [-0.25, -0.2) is 0 Å². The molecule has 0 bridgehead atoms. The number of oxime groups is 1. The Hall–Kier alpha value is -1.79. The molecule has 0 saturated heterocycles. The van der Waals surface area contributed by atoms with E-state index < -0.39 is 0 Å². The summed E-state index contributed by atoms with van der Waals surface area (Å²) in [7, 11) is 1.64. The number of ether oxygens (including phenoxy) is 3. The van der Waals surface area contributed by atoms with Crippen LogP contribution in [0.3, 0.4) is 0 Å². The molecule has 1 aromatic carbocycles. The van der Waals surface area contributed by atoms with Crippen molar-refractivity contribution in [3.8, 4) is 5.75 Å². The van der Waals surface area contributed by atoms with Crippen LogP contribution in [-0.4, -0.2) is 44.6 Å². The second-order valence-electron chi connectivity index (χ2n) is 3.82. The van der Waals surface area contributed by atoms with Gasteiger partial charge in [0, 0.05) is 25.7 Å². The number of amidine groups is 1. The van der Waals surface area contributed by atoms with E-state index in [-0.39, 0.29) is 5.84 Å². The molecular weight excluding hydrogens is 248 g/mol. The first-order valence-electron chi connectivity index (χ1n) is 6.05. The van der Waals surface area contributed by atoms with E-state index in [0.29, 0.717) is 37.7 Å². The number of benzene rings is 1. The zero-order chi connectivity index (χ0) is 13.9. The average Bonchev–Trinajstić information content (AvgIpc) is 2.46. The monoisotopic (exact) mass is 268 g/mol. The van der Waals surface area contributed by atoms with E-state index in [1.54, 1.807) is 25.3 Å². The van der Waals surface area contributed by atoms with Crippen LogP contribution in [0.15, 0.2) is 29.4 Å². The molecule has 1 rings (SSSR count). The molecule has 3 N–H and O–H groups in total. The van der Waals surface area contributed by atoms with Gasteiger partial charge in [0.2, 0.25) is 0 Å². The summed E-state index contributed by atoms with van der Waals surface area (Å²) in [6.45, 7) is 2.37. The van der Waals surface area contributed by atoms with Gasteiger partial charge in [0.15, 0.2) is 5.84 Å². The van der Waals surface area contributed by atoms with Crippen molar-refractivity contribution in [2.75, 3.05) is 33.5 Å². The van der Waals surface area contributed by atoms with Crippen LogP contribution in [0.2, 0.25) is 0 Å². The summed E-state index contributed by atoms with van der Waals surface area (Å²) < 4.78 is 15.7. The maximum atomic E-state index is 8.59. The Labute approximate surface area is 112 Å². The van der Waals surface area contributed by atoms with E-state index in [1.807, 2.05) is 6.07 Å². The molecule has 0 unspecified atom stereocenters. The van der Waals surface area contributed by atoms with Crippen molar-refractivity contribution in [1.82, 2.24) is 0 Å². The third-order valence-corrected chi connectivity index (χ3v) is 2.37. The Kier molecular flexibility index (Phi) is 7.38. The quantitative estimate of drug-likeness (QED) is 0.231. The molecule has 0 heterocycles. The van der Waals surface area contributed by atoms with E-state index in [0.717, 1.165) is 6.42 Å². The molecule has 6 heteroatoms. The largest absolute Gasteiger partial charge is 0.493 e. The molecule has 0 spiro atoms. The first kappa shape index (κ1) is 15.3. The Balaban J connectivity index is 2.26. The maximum absolute atomic E-state index is 8.59. The van der Waals surface area contributed by atoms with Crippen LogP contribution >= 0.6 is 0 Å². The summed E-state index contributed by atoms with van der Waals surface area (Å²) in [5, 5.41) is 11.5. The second kappa shape index (κ2) is 9.18. The van der Waals surface area contributed by atoms with Crippen LogP contribution < -0.4 is 10.5 Å². The van der Waals surface area contributed by atoms with Crippen LogP contribution in [0.4, 0.5) is 0 Å². The predicted octanol–water partition coefficient (Wildman–Crippen LogP) is 1.21. The summed E-state index contributed by atoms with van der Waals surface area (Å²) >= 11 is 0. The predicted molar refractivity (Wildman–Crippen MR) is 71.8 cm³/mol. The number of nitrogens with zero attached hydrogens (tertiary/aromatic N) is 1. The van der Waals surface area contributed by atoms with Gasteiger partial charge < -0.3 is 25.2 Å². The molecule has 0 fully saturated rings. The van der Waals surface area contributed by atoms with Crippen LogP contribution in [0.1, 0.15) is 12.0 Å². The van der Waals surface area contributed by atoms with Gasteiger partial charge in [0.1, 0.15) is 5.75 Å². The van der Waals surface area contributed by atoms with Gasteiger partial charge in [-0.1, -0.05) is 17.3 Å². The molecule has 19 heavy (non-hydrogen) atoms. The minimum atomic E-state index is 0.0633. The third kappa shape index (κ3) is 6.08. The van der Waals surface area contributed by atoms with Gasteiger partial charge >= 0.3 is 0 Å². The summed E-state index contributed by atoms with van der Waals surface area (Å²) in [6.07, 6.45) is 0.789. The standard InChI is InChI=1S/C13H20N2O4/c1-17-8-9-18-6-3-7-19-12-5-2-4-11(10-12)13(14)15-16/h2,4-5,10,16H,3,6-9H2,1H3,(H2,14,15). The van der Waals surface area contributed by atoms with Crippen LogP contribution in [0, 0.1) is 0 Å². The van der Waals surface area contributed by atoms with E-state index in [2.05, 4.69) is 5.16 Å². The fourth-order valence-electron chi connectivity index (χ4n) is 1.40. The Morgan fingerprint density at radius 3 is 2.84 bits per heavy atom. The van der Waals surface area contributed by atoms with Gasteiger partial charge in [0.25, 0.3) is 0 Å². The van der Waals surface area contributed by atoms with Crippen LogP contribution in [0.5, 0.6) is 5.75 Å². The van der Waals surface area contributed by atoms with Crippen molar-refractivity contribution in [2.24, 2.45) is 10.9 Å². The highest BCUT2D eigenvalue weighted by Crippen LogP contribution is 2.13. The lowest BCUT2D eigenvalue weighted by molar-refractivity contribution is 0.0644. The summed E-state index contributed by atoms with van der Waals surface area (Å²) in [4.78, 5) is 0. The van der Waals surface area contributed by atoms with Crippen molar-refractivity contribution in [3.05, 3.63) is 29.8 Å². The highest BCUT2D eigenvalue weighted by molar-refractivity contribution is 5.97. The zero-order valence-electron chi connectivity index (χ0n) is 11.0. The Bertz CT molecular complexity index is 396. The molecule has 0 radical (unpaired) electrons. The third-order valence-electron chi connectivity index (χ3n) is 2.37. The smallest absolute Gasteiger partial charge is 0.170 e. The Morgan fingerprint density at radius 2 is 2.11 bits per heavy atom. The topological polar surface area (TPSA) is 86.3 Å². The van der Waals surface area contributed by atoms with Gasteiger partial charge in [-0.2, -0.15) is 0 Å². The zero-order valence-corrected chi connectivity index (χ0v) is 11.0. The number of methoxy groups -OCH3 is 1. The summed E-state index contributed by atoms with van der Waals surface area (Å²) in [5.41, 5.74) is 6.12. The van der Waals surface area contributed by atoms with Crippen molar-refractivity contribution < 1.29 is 19.4 Å². The van der Waals surface area contributed by atoms with Gasteiger partial charge in [-0.3, -0.25) is 0 Å². The van der Waals surface area contributed by atoms with Gasteiger partial charge in [-0.15, -0.1) is 0 Å². The van der Waals surface area contributed by atoms with Crippen molar-refractivity contribution in [3.63, 3.8) is 0 Å². The average molecular weight is 268 g/mol. The molecule has 1 aromatic rings. The lowest BCUT2D eigenvalue weighted by Gasteiger charge is -2.08. The van der Waals surface area contributed by atoms with Crippen LogP contribution in [-0.2, 0) is 9.47 Å². The molecule has 0 aliphatic carbocycles. The number of hydrogen-bond donors (Lipinski definition) is 2. The number of hydrogen-bond acceptors (Lipinski definition) is 5. The first-order chi connectivity index (χ1) is 9.27. The highest BCUT2D eigenvalue weighted by Gasteiger charge is 2.01. The number of rotatable bonds is 9. The maximum Gasteiger partial charge on any atom is 0.170 e. The van der Waals surface area contributed by atoms with Gasteiger partial charge in [-0.05, 0) is 12.1 Å². The van der Waals surface area contributed by atoms with E-state index in [9.17, 15) is 0 Å². The SMILES string of the molecule is COCCOCCCOc1cccc(/C(N)=N/O)c1. The fourth-order valence-corrected chi connectivity index (χ4v) is 1.40. The van der Waals surface area contributed by atoms with E-state index in [1.165, 1.54) is 0 Å². The van der Waals surface area contributed by atoms with Gasteiger partial charge in [0.05, 0.1) is 19.8 Å². The molecule has 0 aromatic heterocycles. The minimum Gasteiger partial charge on any atom is -0.493 e. The lowest BCUT2D eigenvalue weighted by Crippen LogP contribution is -2.13. The van der Waals surface area contributed by atoms with Crippen molar-refractivity contribution >= 4 is 5.84 Å².